The molecule has 0 fully saturated rings. The van der Waals surface area contributed by atoms with Crippen LogP contribution in [0.25, 0.3) is 0 Å². The van der Waals surface area contributed by atoms with Gasteiger partial charge in [-0.3, -0.25) is 9.59 Å². The first-order valence-electron chi connectivity index (χ1n) is 11.5. The fraction of sp³-hybridized carbons (Fsp3) is 0.333. The highest BCUT2D eigenvalue weighted by Gasteiger charge is 2.29. The average Bonchev–Trinajstić information content (AvgIpc) is 3.21. The van der Waals surface area contributed by atoms with E-state index < -0.39 is 0 Å². The molecule has 1 aromatic heterocycles. The van der Waals surface area contributed by atoms with Crippen LogP contribution < -0.4 is 24.8 Å². The molecule has 1 unspecified atom stereocenters. The largest absolute Gasteiger partial charge is 0.493 e. The summed E-state index contributed by atoms with van der Waals surface area (Å²) in [4.78, 5) is 27.9. The number of carbonyl (C=O) groups excluding carboxylic acids is 2. The van der Waals surface area contributed by atoms with Crippen LogP contribution in [-0.4, -0.2) is 33.1 Å². The van der Waals surface area contributed by atoms with Crippen molar-refractivity contribution in [2.45, 2.75) is 33.1 Å². The van der Waals surface area contributed by atoms with Crippen LogP contribution in [0.3, 0.4) is 0 Å². The van der Waals surface area contributed by atoms with Crippen molar-refractivity contribution in [3.63, 3.8) is 0 Å². The van der Waals surface area contributed by atoms with Gasteiger partial charge in [0, 0.05) is 16.1 Å². The molecule has 1 aliphatic rings. The Morgan fingerprint density at radius 3 is 2.20 bits per heavy atom. The summed E-state index contributed by atoms with van der Waals surface area (Å²) in [6, 6.07) is 10.8. The van der Waals surface area contributed by atoms with Crippen LogP contribution in [0.5, 0.6) is 17.2 Å². The molecule has 7 nitrogen and oxygen atoms in total. The van der Waals surface area contributed by atoms with E-state index in [4.69, 9.17) is 14.2 Å². The molecule has 35 heavy (non-hydrogen) atoms. The second-order valence-electron chi connectivity index (χ2n) is 8.74. The third kappa shape index (κ3) is 5.12. The van der Waals surface area contributed by atoms with Gasteiger partial charge in [-0.1, -0.05) is 24.6 Å². The molecule has 0 spiro atoms. The van der Waals surface area contributed by atoms with E-state index >= 15 is 0 Å². The second-order valence-corrected chi connectivity index (χ2v) is 9.85. The molecule has 3 aromatic rings. The zero-order chi connectivity index (χ0) is 25.1. The van der Waals surface area contributed by atoms with Gasteiger partial charge in [0.2, 0.25) is 5.75 Å². The van der Waals surface area contributed by atoms with Gasteiger partial charge in [-0.15, -0.1) is 11.3 Å². The summed E-state index contributed by atoms with van der Waals surface area (Å²) in [6.45, 7) is 4.21. The number of carbonyl (C=O) groups is 2. The van der Waals surface area contributed by atoms with Gasteiger partial charge < -0.3 is 24.8 Å². The molecule has 1 atom stereocenters. The second kappa shape index (κ2) is 10.4. The summed E-state index contributed by atoms with van der Waals surface area (Å²) < 4.78 is 16.1. The molecule has 0 bridgehead atoms. The molecule has 4 rings (SSSR count). The highest BCUT2D eigenvalue weighted by Crippen LogP contribution is 2.41. The van der Waals surface area contributed by atoms with Crippen LogP contribution in [0.4, 0.5) is 10.7 Å². The van der Waals surface area contributed by atoms with Gasteiger partial charge in [0.05, 0.1) is 26.9 Å². The molecule has 184 valence electrons. The van der Waals surface area contributed by atoms with Gasteiger partial charge in [-0.05, 0) is 61.9 Å². The van der Waals surface area contributed by atoms with Gasteiger partial charge >= 0.3 is 0 Å². The summed E-state index contributed by atoms with van der Waals surface area (Å²) in [5, 5.41) is 6.53. The number of benzene rings is 2. The Balaban J connectivity index is 1.68. The fourth-order valence-electron chi connectivity index (χ4n) is 4.30. The monoisotopic (exact) mass is 494 g/mol. The van der Waals surface area contributed by atoms with E-state index in [2.05, 4.69) is 17.6 Å². The number of hydrogen-bond acceptors (Lipinski definition) is 6. The van der Waals surface area contributed by atoms with Crippen LogP contribution in [0, 0.1) is 12.8 Å². The first-order valence-corrected chi connectivity index (χ1v) is 12.3. The van der Waals surface area contributed by atoms with Crippen molar-refractivity contribution >= 4 is 33.8 Å². The topological polar surface area (TPSA) is 85.9 Å². The quantitative estimate of drug-likeness (QED) is 0.439. The van der Waals surface area contributed by atoms with Gasteiger partial charge in [0.1, 0.15) is 5.00 Å². The highest BCUT2D eigenvalue weighted by molar-refractivity contribution is 7.17. The van der Waals surface area contributed by atoms with Crippen molar-refractivity contribution in [3.05, 3.63) is 63.5 Å². The minimum absolute atomic E-state index is 0.221. The summed E-state index contributed by atoms with van der Waals surface area (Å²) in [5.74, 6) is 1.13. The van der Waals surface area contributed by atoms with Crippen LogP contribution in [0.2, 0.25) is 0 Å². The standard InChI is InChI=1S/C27H30N2O5S/c1-15-6-9-18(10-7-15)28-26(31)23-19-11-8-16(2)12-22(19)35-27(23)29-25(30)17-13-20(32-3)24(34-5)21(14-17)33-4/h6-7,9-10,13-14,16H,8,11-12H2,1-5H3,(H,28,31)(H,29,30). The average molecular weight is 495 g/mol. The first kappa shape index (κ1) is 24.6. The number of methoxy groups -OCH3 is 3. The van der Waals surface area contributed by atoms with Crippen molar-refractivity contribution in [3.8, 4) is 17.2 Å². The smallest absolute Gasteiger partial charge is 0.258 e. The summed E-state index contributed by atoms with van der Waals surface area (Å²) in [5.41, 5.74) is 3.73. The maximum Gasteiger partial charge on any atom is 0.258 e. The summed E-state index contributed by atoms with van der Waals surface area (Å²) >= 11 is 1.48. The number of amides is 2. The Hall–Kier alpha value is -3.52. The lowest BCUT2D eigenvalue weighted by atomic mass is 9.88. The number of hydrogen-bond donors (Lipinski definition) is 2. The van der Waals surface area contributed by atoms with Crippen molar-refractivity contribution in [2.75, 3.05) is 32.0 Å². The number of aryl methyl sites for hydroxylation is 1. The van der Waals surface area contributed by atoms with Crippen LogP contribution in [-0.2, 0) is 12.8 Å². The van der Waals surface area contributed by atoms with E-state index in [1.54, 1.807) is 12.1 Å². The van der Waals surface area contributed by atoms with E-state index in [0.717, 1.165) is 35.3 Å². The molecule has 2 amide bonds. The minimum atomic E-state index is -0.361. The Bertz CT molecular complexity index is 1220. The fourth-order valence-corrected chi connectivity index (χ4v) is 5.70. The number of ether oxygens (including phenoxy) is 3. The van der Waals surface area contributed by atoms with Gasteiger partial charge in [0.25, 0.3) is 11.8 Å². The van der Waals surface area contributed by atoms with E-state index in [1.165, 1.54) is 32.7 Å². The van der Waals surface area contributed by atoms with Crippen LogP contribution >= 0.6 is 11.3 Å². The predicted molar refractivity (Wildman–Crippen MR) is 139 cm³/mol. The minimum Gasteiger partial charge on any atom is -0.493 e. The lowest BCUT2D eigenvalue weighted by Crippen LogP contribution is -2.19. The lowest BCUT2D eigenvalue weighted by molar-refractivity contribution is 0.102. The van der Waals surface area contributed by atoms with Crippen LogP contribution in [0.1, 0.15) is 50.1 Å². The number of fused-ring (bicyclic) bond motifs is 1. The van der Waals surface area contributed by atoms with Gasteiger partial charge in [-0.25, -0.2) is 0 Å². The molecule has 0 saturated carbocycles. The van der Waals surface area contributed by atoms with Gasteiger partial charge in [-0.2, -0.15) is 0 Å². The zero-order valence-corrected chi connectivity index (χ0v) is 21.4. The summed E-state index contributed by atoms with van der Waals surface area (Å²) in [7, 11) is 4.51. The van der Waals surface area contributed by atoms with Crippen LogP contribution in [0.15, 0.2) is 36.4 Å². The number of thiophene rings is 1. The van der Waals surface area contributed by atoms with E-state index in [0.29, 0.717) is 45.0 Å². The third-order valence-corrected chi connectivity index (χ3v) is 7.37. The number of anilines is 2. The highest BCUT2D eigenvalue weighted by atomic mass is 32.1. The zero-order valence-electron chi connectivity index (χ0n) is 20.6. The maximum atomic E-state index is 13.4. The van der Waals surface area contributed by atoms with E-state index in [1.807, 2.05) is 31.2 Å². The van der Waals surface area contributed by atoms with Crippen molar-refractivity contribution < 1.29 is 23.8 Å². The molecule has 2 N–H and O–H groups in total. The Morgan fingerprint density at radius 1 is 0.943 bits per heavy atom. The van der Waals surface area contributed by atoms with E-state index in [-0.39, 0.29) is 11.8 Å². The van der Waals surface area contributed by atoms with Crippen molar-refractivity contribution in [1.82, 2.24) is 0 Å². The molecule has 0 radical (unpaired) electrons. The first-order chi connectivity index (χ1) is 16.8. The molecule has 8 heteroatoms. The number of nitrogens with one attached hydrogen (secondary N) is 2. The molecule has 0 saturated heterocycles. The third-order valence-electron chi connectivity index (χ3n) is 6.20. The molecule has 2 aromatic carbocycles. The Kier molecular flexibility index (Phi) is 7.31. The lowest BCUT2D eigenvalue weighted by Gasteiger charge is -2.18. The van der Waals surface area contributed by atoms with Crippen molar-refractivity contribution in [2.24, 2.45) is 5.92 Å². The molecule has 0 aliphatic heterocycles. The Morgan fingerprint density at radius 2 is 1.60 bits per heavy atom. The van der Waals surface area contributed by atoms with E-state index in [9.17, 15) is 9.59 Å². The molecular weight excluding hydrogens is 464 g/mol. The predicted octanol–water partition coefficient (Wildman–Crippen LogP) is 5.71. The number of rotatable bonds is 7. The molecular formula is C27H30N2O5S. The Labute approximate surface area is 209 Å². The molecule has 1 aliphatic carbocycles. The molecule has 1 heterocycles. The van der Waals surface area contributed by atoms with Gasteiger partial charge in [0.15, 0.2) is 11.5 Å². The normalized spacial score (nSPS) is 14.6. The maximum absolute atomic E-state index is 13.4. The van der Waals surface area contributed by atoms with Crippen molar-refractivity contribution in [1.29, 1.82) is 0 Å². The summed E-state index contributed by atoms with van der Waals surface area (Å²) in [6.07, 6.45) is 2.71. The SMILES string of the molecule is COc1cc(C(=O)Nc2sc3c(c2C(=O)Nc2ccc(C)cc2)CCC(C)C3)cc(OC)c1OC.